The fourth-order valence-corrected chi connectivity index (χ4v) is 7.65. The molecule has 0 fully saturated rings. The van der Waals surface area contributed by atoms with Gasteiger partial charge in [-0.25, -0.2) is 0 Å². The predicted molar refractivity (Wildman–Crippen MR) is 187 cm³/mol. The molecule has 2 amide bonds. The van der Waals surface area contributed by atoms with Crippen LogP contribution in [0.15, 0.2) is 82.6 Å². The maximum absolute atomic E-state index is 13.2. The van der Waals surface area contributed by atoms with Crippen LogP contribution in [0.1, 0.15) is 64.0 Å². The van der Waals surface area contributed by atoms with Gasteiger partial charge in [-0.05, 0) is 54.3 Å². The third-order valence-corrected chi connectivity index (χ3v) is 10.4. The molecule has 3 aromatic rings. The van der Waals surface area contributed by atoms with Crippen molar-refractivity contribution in [2.24, 2.45) is 5.41 Å². The lowest BCUT2D eigenvalue weighted by molar-refractivity contribution is -0.138. The van der Waals surface area contributed by atoms with Crippen LogP contribution in [0.4, 0.5) is 11.4 Å². The number of carboxylic acids is 1. The van der Waals surface area contributed by atoms with E-state index in [9.17, 15) is 14.4 Å². The SMILES string of the molecule is CCCCC1(CCCC)CSc2cc(OCC(=O)NC(C(=O)NCC(=O)O)c3ccccc3)c(SC)cc2N(c2ccccc2)C1. The van der Waals surface area contributed by atoms with Crippen molar-refractivity contribution in [2.75, 3.05) is 36.6 Å². The molecule has 8 nitrogen and oxygen atoms in total. The Balaban J connectivity index is 1.59. The van der Waals surface area contributed by atoms with Crippen molar-refractivity contribution >= 4 is 52.7 Å². The number of amides is 2. The third kappa shape index (κ3) is 9.45. The summed E-state index contributed by atoms with van der Waals surface area (Å²) in [5, 5.41) is 14.1. The maximum Gasteiger partial charge on any atom is 0.322 e. The molecule has 0 radical (unpaired) electrons. The van der Waals surface area contributed by atoms with Gasteiger partial charge < -0.3 is 25.4 Å². The topological polar surface area (TPSA) is 108 Å². The van der Waals surface area contributed by atoms with Gasteiger partial charge >= 0.3 is 5.97 Å². The molecule has 1 unspecified atom stereocenters. The van der Waals surface area contributed by atoms with Crippen molar-refractivity contribution in [1.29, 1.82) is 0 Å². The zero-order valence-corrected chi connectivity index (χ0v) is 28.6. The fraction of sp³-hybridized carbons (Fsp3) is 0.417. The number of carbonyl (C=O) groups excluding carboxylic acids is 2. The number of carboxylic acid groups (broad SMARTS) is 1. The predicted octanol–water partition coefficient (Wildman–Crippen LogP) is 7.46. The van der Waals surface area contributed by atoms with Crippen LogP contribution < -0.4 is 20.3 Å². The highest BCUT2D eigenvalue weighted by molar-refractivity contribution is 7.99. The average Bonchev–Trinajstić information content (AvgIpc) is 3.24. The standard InChI is InChI=1S/C36H45N3O5S2/c1-4-6-18-36(19-7-5-2)24-39(27-16-12-9-13-17-27)28-20-31(45-3)29(21-30(28)46-25-36)44-23-32(40)38-34(26-14-10-8-11-15-26)35(43)37-22-33(41)42/h8-17,20-21,34H,4-7,18-19,22-25H2,1-3H3,(H,37,43)(H,38,40)(H,41,42). The fourth-order valence-electron chi connectivity index (χ4n) is 5.75. The number of hydrogen-bond acceptors (Lipinski definition) is 7. The molecule has 10 heteroatoms. The van der Waals surface area contributed by atoms with E-state index in [2.05, 4.69) is 65.8 Å². The Morgan fingerprint density at radius 2 is 1.65 bits per heavy atom. The van der Waals surface area contributed by atoms with Gasteiger partial charge in [0.05, 0.1) is 10.6 Å². The molecule has 3 N–H and O–H groups in total. The Morgan fingerprint density at radius 1 is 1.00 bits per heavy atom. The normalized spacial score (nSPS) is 14.5. The lowest BCUT2D eigenvalue weighted by atomic mass is 9.79. The number of aliphatic carboxylic acids is 1. The lowest BCUT2D eigenvalue weighted by Gasteiger charge is -2.37. The van der Waals surface area contributed by atoms with Crippen LogP contribution in [0, 0.1) is 5.41 Å². The molecule has 46 heavy (non-hydrogen) atoms. The largest absolute Gasteiger partial charge is 0.483 e. The van der Waals surface area contributed by atoms with Crippen LogP contribution in [0.5, 0.6) is 5.75 Å². The van der Waals surface area contributed by atoms with Crippen molar-refractivity contribution in [3.05, 3.63) is 78.4 Å². The maximum atomic E-state index is 13.2. The first kappa shape index (κ1) is 35.2. The number of carbonyl (C=O) groups is 3. The first-order valence-corrected chi connectivity index (χ1v) is 18.1. The Bertz CT molecular complexity index is 1450. The summed E-state index contributed by atoms with van der Waals surface area (Å²) in [6.45, 7) is 4.62. The molecule has 1 aliphatic heterocycles. The molecule has 0 saturated heterocycles. The molecular weight excluding hydrogens is 619 g/mol. The minimum atomic E-state index is -1.17. The summed E-state index contributed by atoms with van der Waals surface area (Å²) in [5.74, 6) is -0.643. The zero-order valence-electron chi connectivity index (χ0n) is 26.9. The van der Waals surface area contributed by atoms with Gasteiger partial charge in [0.15, 0.2) is 6.61 Å². The van der Waals surface area contributed by atoms with Gasteiger partial charge in [-0.3, -0.25) is 14.4 Å². The number of hydrogen-bond donors (Lipinski definition) is 3. The number of rotatable bonds is 16. The number of benzene rings is 3. The first-order valence-electron chi connectivity index (χ1n) is 15.9. The van der Waals surface area contributed by atoms with E-state index in [4.69, 9.17) is 9.84 Å². The molecule has 1 heterocycles. The summed E-state index contributed by atoms with van der Waals surface area (Å²) in [5.41, 5.74) is 3.02. The van der Waals surface area contributed by atoms with Crippen LogP contribution in [0.2, 0.25) is 0 Å². The van der Waals surface area contributed by atoms with Crippen LogP contribution in [0.25, 0.3) is 0 Å². The molecule has 0 saturated carbocycles. The quantitative estimate of drug-likeness (QED) is 0.136. The molecule has 0 aromatic heterocycles. The summed E-state index contributed by atoms with van der Waals surface area (Å²) < 4.78 is 6.14. The number of unbranched alkanes of at least 4 members (excludes halogenated alkanes) is 2. The second-order valence-electron chi connectivity index (χ2n) is 11.7. The molecule has 1 atom stereocenters. The number of thioether (sulfide) groups is 2. The summed E-state index contributed by atoms with van der Waals surface area (Å²) in [4.78, 5) is 41.5. The molecule has 0 bridgehead atoms. The second kappa shape index (κ2) is 17.3. The van der Waals surface area contributed by atoms with Crippen LogP contribution >= 0.6 is 23.5 Å². The van der Waals surface area contributed by atoms with Crippen molar-refractivity contribution < 1.29 is 24.2 Å². The number of nitrogens with zero attached hydrogens (tertiary/aromatic N) is 1. The summed E-state index contributed by atoms with van der Waals surface area (Å²) in [6.07, 6.45) is 9.07. The smallest absolute Gasteiger partial charge is 0.322 e. The number of para-hydroxylation sites is 1. The highest BCUT2D eigenvalue weighted by Crippen LogP contribution is 2.50. The molecule has 246 valence electrons. The van der Waals surface area contributed by atoms with Crippen molar-refractivity contribution in [2.45, 2.75) is 68.2 Å². The van der Waals surface area contributed by atoms with Gasteiger partial charge in [0.2, 0.25) is 5.91 Å². The number of ether oxygens (including phenoxy) is 1. The summed E-state index contributed by atoms with van der Waals surface area (Å²) >= 11 is 3.43. The van der Waals surface area contributed by atoms with Crippen LogP contribution in [-0.4, -0.2) is 54.6 Å². The van der Waals surface area contributed by atoms with Crippen molar-refractivity contribution in [1.82, 2.24) is 10.6 Å². The van der Waals surface area contributed by atoms with Gasteiger partial charge in [-0.15, -0.1) is 23.5 Å². The Labute approximate surface area is 281 Å². The third-order valence-electron chi connectivity index (χ3n) is 8.23. The van der Waals surface area contributed by atoms with Crippen LogP contribution in [-0.2, 0) is 14.4 Å². The second-order valence-corrected chi connectivity index (χ2v) is 13.6. The molecule has 0 spiro atoms. The first-order chi connectivity index (χ1) is 22.3. The highest BCUT2D eigenvalue weighted by atomic mass is 32.2. The molecule has 4 rings (SSSR count). The Morgan fingerprint density at radius 3 is 2.26 bits per heavy atom. The van der Waals surface area contributed by atoms with Crippen molar-refractivity contribution in [3.63, 3.8) is 0 Å². The zero-order chi connectivity index (χ0) is 32.9. The molecular formula is C36H45N3O5S2. The molecule has 3 aromatic carbocycles. The van der Waals surface area contributed by atoms with E-state index in [0.717, 1.165) is 33.5 Å². The van der Waals surface area contributed by atoms with Gasteiger partial charge in [0.25, 0.3) is 5.91 Å². The average molecular weight is 664 g/mol. The minimum absolute atomic E-state index is 0.166. The summed E-state index contributed by atoms with van der Waals surface area (Å²) in [7, 11) is 0. The molecule has 1 aliphatic rings. The van der Waals surface area contributed by atoms with E-state index in [-0.39, 0.29) is 12.0 Å². The summed E-state index contributed by atoms with van der Waals surface area (Å²) in [6, 6.07) is 22.5. The van der Waals surface area contributed by atoms with Gasteiger partial charge in [-0.2, -0.15) is 0 Å². The number of fused-ring (bicyclic) bond motifs is 1. The van der Waals surface area contributed by atoms with Gasteiger partial charge in [-0.1, -0.05) is 88.1 Å². The highest BCUT2D eigenvalue weighted by Gasteiger charge is 2.36. The Kier molecular flexibility index (Phi) is 13.3. The number of anilines is 2. The van der Waals surface area contributed by atoms with Crippen molar-refractivity contribution in [3.8, 4) is 5.75 Å². The van der Waals surface area contributed by atoms with Gasteiger partial charge in [0.1, 0.15) is 18.3 Å². The van der Waals surface area contributed by atoms with E-state index in [1.165, 1.54) is 38.5 Å². The van der Waals surface area contributed by atoms with E-state index in [1.807, 2.05) is 24.1 Å². The lowest BCUT2D eigenvalue weighted by Crippen LogP contribution is -2.43. The minimum Gasteiger partial charge on any atom is -0.483 e. The van der Waals surface area contributed by atoms with Crippen LogP contribution in [0.3, 0.4) is 0 Å². The Hall–Kier alpha value is -3.63. The number of nitrogens with one attached hydrogen (secondary N) is 2. The van der Waals surface area contributed by atoms with E-state index < -0.39 is 30.4 Å². The van der Waals surface area contributed by atoms with E-state index in [1.54, 1.807) is 42.1 Å². The van der Waals surface area contributed by atoms with E-state index >= 15 is 0 Å². The van der Waals surface area contributed by atoms with Gasteiger partial charge in [0, 0.05) is 22.9 Å². The monoisotopic (exact) mass is 663 g/mol. The van der Waals surface area contributed by atoms with E-state index in [0.29, 0.717) is 11.3 Å². The molecule has 0 aliphatic carbocycles.